The minimum Gasteiger partial charge on any atom is -0.309 e. The number of rotatable bonds is 2. The van der Waals surface area contributed by atoms with Crippen LogP contribution in [0.1, 0.15) is 19.8 Å². The van der Waals surface area contributed by atoms with E-state index in [9.17, 15) is 13.2 Å². The Bertz CT molecular complexity index is 303. The molecule has 1 unspecified atom stereocenters. The zero-order valence-electron chi connectivity index (χ0n) is 10.1. The molecule has 0 aliphatic carbocycles. The molecule has 2 aliphatic heterocycles. The van der Waals surface area contributed by atoms with Gasteiger partial charge in [-0.25, -0.2) is 0 Å². The van der Waals surface area contributed by atoms with E-state index < -0.39 is 12.1 Å². The van der Waals surface area contributed by atoms with E-state index in [1.165, 1.54) is 11.1 Å². The van der Waals surface area contributed by atoms with E-state index in [-0.39, 0.29) is 13.0 Å². The van der Waals surface area contributed by atoms with Crippen molar-refractivity contribution >= 4 is 0 Å². The van der Waals surface area contributed by atoms with E-state index in [2.05, 4.69) is 5.32 Å². The Labute approximate surface area is 99.9 Å². The molecule has 98 valence electrons. The highest BCUT2D eigenvalue weighted by Crippen LogP contribution is 2.33. The van der Waals surface area contributed by atoms with Gasteiger partial charge in [0.2, 0.25) is 0 Å². The van der Waals surface area contributed by atoms with Crippen LogP contribution in [0.15, 0.2) is 11.1 Å². The van der Waals surface area contributed by atoms with Gasteiger partial charge in [0, 0.05) is 26.2 Å². The first-order valence-electron chi connectivity index (χ1n) is 6.14. The van der Waals surface area contributed by atoms with Gasteiger partial charge in [-0.15, -0.1) is 0 Å². The largest absolute Gasteiger partial charge is 0.393 e. The van der Waals surface area contributed by atoms with Crippen molar-refractivity contribution in [3.63, 3.8) is 0 Å². The molecule has 17 heavy (non-hydrogen) atoms. The summed E-state index contributed by atoms with van der Waals surface area (Å²) < 4.78 is 37.9. The molecule has 2 nitrogen and oxygen atoms in total. The Morgan fingerprint density at radius 3 is 2.65 bits per heavy atom. The van der Waals surface area contributed by atoms with Gasteiger partial charge in [-0.1, -0.05) is 5.57 Å². The van der Waals surface area contributed by atoms with E-state index in [0.29, 0.717) is 13.0 Å². The summed E-state index contributed by atoms with van der Waals surface area (Å²) in [5.74, 6) is -1.13. The third kappa shape index (κ3) is 3.22. The van der Waals surface area contributed by atoms with E-state index in [1.807, 2.05) is 11.8 Å². The van der Waals surface area contributed by atoms with Gasteiger partial charge in [0.05, 0.1) is 5.92 Å². The van der Waals surface area contributed by atoms with Gasteiger partial charge < -0.3 is 5.32 Å². The monoisotopic (exact) mass is 248 g/mol. The average Bonchev–Trinajstić information content (AvgIpc) is 2.13. The maximum atomic E-state index is 12.6. The number of nitrogens with one attached hydrogen (secondary N) is 1. The van der Waals surface area contributed by atoms with E-state index in [0.717, 1.165) is 19.6 Å². The summed E-state index contributed by atoms with van der Waals surface area (Å²) in [6.45, 7) is 5.51. The van der Waals surface area contributed by atoms with Crippen molar-refractivity contribution in [2.45, 2.75) is 25.9 Å². The number of hydrogen-bond donors (Lipinski definition) is 1. The number of piperidine rings is 1. The normalized spacial score (nSPS) is 26.8. The van der Waals surface area contributed by atoms with Gasteiger partial charge in [-0.2, -0.15) is 13.2 Å². The van der Waals surface area contributed by atoms with Gasteiger partial charge in [-0.05, 0) is 31.9 Å². The van der Waals surface area contributed by atoms with E-state index in [4.69, 9.17) is 0 Å². The van der Waals surface area contributed by atoms with E-state index >= 15 is 0 Å². The third-order valence-electron chi connectivity index (χ3n) is 3.71. The topological polar surface area (TPSA) is 15.3 Å². The molecule has 0 spiro atoms. The predicted octanol–water partition coefficient (Wildman–Crippen LogP) is 2.18. The Kier molecular flexibility index (Phi) is 3.78. The molecule has 2 fully saturated rings. The van der Waals surface area contributed by atoms with Crippen LogP contribution in [-0.4, -0.2) is 43.8 Å². The van der Waals surface area contributed by atoms with Crippen LogP contribution >= 0.6 is 0 Å². The van der Waals surface area contributed by atoms with Crippen LogP contribution < -0.4 is 5.32 Å². The molecule has 0 aromatic carbocycles. The van der Waals surface area contributed by atoms with Crippen LogP contribution in [0.2, 0.25) is 0 Å². The van der Waals surface area contributed by atoms with Crippen LogP contribution in [-0.2, 0) is 0 Å². The molecule has 1 atom stereocenters. The lowest BCUT2D eigenvalue weighted by molar-refractivity contribution is -0.186. The molecule has 2 saturated heterocycles. The fourth-order valence-corrected chi connectivity index (χ4v) is 2.47. The molecule has 1 N–H and O–H groups in total. The molecule has 2 aliphatic rings. The molecule has 2 rings (SSSR count). The van der Waals surface area contributed by atoms with Gasteiger partial charge in [0.25, 0.3) is 0 Å². The molecule has 0 bridgehead atoms. The number of hydrogen-bond acceptors (Lipinski definition) is 2. The molecule has 5 heteroatoms. The minimum atomic E-state index is -4.03. The number of alkyl halides is 3. The second-order valence-electron chi connectivity index (χ2n) is 5.10. The molecule has 0 radical (unpaired) electrons. The van der Waals surface area contributed by atoms with Crippen molar-refractivity contribution in [2.75, 3.05) is 32.7 Å². The van der Waals surface area contributed by atoms with Crippen molar-refractivity contribution in [3.8, 4) is 0 Å². The first-order valence-corrected chi connectivity index (χ1v) is 6.14. The molecular weight excluding hydrogens is 229 g/mol. The van der Waals surface area contributed by atoms with Crippen molar-refractivity contribution in [1.29, 1.82) is 0 Å². The quantitative estimate of drug-likeness (QED) is 0.753. The highest BCUT2D eigenvalue weighted by Gasteiger charge is 2.41. The first kappa shape index (κ1) is 12.9. The summed E-state index contributed by atoms with van der Waals surface area (Å²) in [6, 6.07) is 0. The number of nitrogens with zero attached hydrogens (tertiary/aromatic N) is 1. The van der Waals surface area contributed by atoms with Crippen LogP contribution in [0.5, 0.6) is 0 Å². The van der Waals surface area contributed by atoms with Gasteiger partial charge in [0.15, 0.2) is 0 Å². The third-order valence-corrected chi connectivity index (χ3v) is 3.71. The Hall–Kier alpha value is -0.550. The molecule has 0 aromatic rings. The maximum Gasteiger partial charge on any atom is 0.393 e. The molecule has 0 aromatic heterocycles. The lowest BCUT2D eigenvalue weighted by Gasteiger charge is -2.35. The highest BCUT2D eigenvalue weighted by molar-refractivity contribution is 5.22. The SMILES string of the molecule is CC(CN1CCCC(C(F)(F)F)C1)=C1CNC1. The summed E-state index contributed by atoms with van der Waals surface area (Å²) in [5.41, 5.74) is 2.60. The smallest absolute Gasteiger partial charge is 0.309 e. The zero-order valence-corrected chi connectivity index (χ0v) is 10.1. The highest BCUT2D eigenvalue weighted by atomic mass is 19.4. The summed E-state index contributed by atoms with van der Waals surface area (Å²) in [6.07, 6.45) is -3.08. The Balaban J connectivity index is 1.89. The Morgan fingerprint density at radius 1 is 1.41 bits per heavy atom. The van der Waals surface area contributed by atoms with Gasteiger partial charge in [-0.3, -0.25) is 4.90 Å². The second kappa shape index (κ2) is 4.98. The van der Waals surface area contributed by atoms with Crippen LogP contribution in [0, 0.1) is 5.92 Å². The molecule has 0 saturated carbocycles. The zero-order chi connectivity index (χ0) is 12.5. The summed E-state index contributed by atoms with van der Waals surface area (Å²) in [7, 11) is 0. The first-order chi connectivity index (χ1) is 7.97. The van der Waals surface area contributed by atoms with Crippen LogP contribution in [0.25, 0.3) is 0 Å². The molecule has 0 amide bonds. The van der Waals surface area contributed by atoms with Crippen molar-refractivity contribution in [1.82, 2.24) is 10.2 Å². The lowest BCUT2D eigenvalue weighted by Crippen LogP contribution is -2.43. The second-order valence-corrected chi connectivity index (χ2v) is 5.10. The standard InChI is InChI=1S/C12H19F3N2/c1-9(10-5-16-6-10)7-17-4-2-3-11(8-17)12(13,14)15/h11,16H,2-8H2,1H3. The number of halogens is 3. The van der Waals surface area contributed by atoms with E-state index in [1.54, 1.807) is 0 Å². The molecule has 2 heterocycles. The lowest BCUT2D eigenvalue weighted by atomic mass is 9.96. The average molecular weight is 248 g/mol. The summed E-state index contributed by atoms with van der Waals surface area (Å²) in [5, 5.41) is 3.16. The molecular formula is C12H19F3N2. The fraction of sp³-hybridized carbons (Fsp3) is 0.833. The van der Waals surface area contributed by atoms with Gasteiger partial charge in [0.1, 0.15) is 0 Å². The minimum absolute atomic E-state index is 0.168. The number of likely N-dealkylation sites (tertiary alicyclic amines) is 1. The predicted molar refractivity (Wildman–Crippen MR) is 60.8 cm³/mol. The summed E-state index contributed by atoms with van der Waals surface area (Å²) >= 11 is 0. The van der Waals surface area contributed by atoms with Gasteiger partial charge >= 0.3 is 6.18 Å². The summed E-state index contributed by atoms with van der Waals surface area (Å²) in [4.78, 5) is 1.95. The van der Waals surface area contributed by atoms with Crippen molar-refractivity contribution < 1.29 is 13.2 Å². The maximum absolute atomic E-state index is 12.6. The van der Waals surface area contributed by atoms with Crippen LogP contribution in [0.3, 0.4) is 0 Å². The van der Waals surface area contributed by atoms with Crippen molar-refractivity contribution in [3.05, 3.63) is 11.1 Å². The Morgan fingerprint density at radius 2 is 2.12 bits per heavy atom. The van der Waals surface area contributed by atoms with Crippen LogP contribution in [0.4, 0.5) is 13.2 Å². The van der Waals surface area contributed by atoms with Crippen molar-refractivity contribution in [2.24, 2.45) is 5.92 Å². The fourth-order valence-electron chi connectivity index (χ4n) is 2.47.